The summed E-state index contributed by atoms with van der Waals surface area (Å²) in [6.07, 6.45) is 0.854. The highest BCUT2D eigenvalue weighted by molar-refractivity contribution is 7.12. The standard InChI is InChI=1S/C16H16N2O2S/c1-11(19)17-14-5-4-12-6-7-18(10-13(12)9-14)16(20)15-3-2-8-21-15/h2-5,8-9H,6-7,10H2,1H3,(H,17,19). The zero-order valence-corrected chi connectivity index (χ0v) is 12.6. The average molecular weight is 300 g/mol. The lowest BCUT2D eigenvalue weighted by Gasteiger charge is -2.29. The molecule has 5 heteroatoms. The van der Waals surface area contributed by atoms with Gasteiger partial charge in [-0.15, -0.1) is 11.3 Å². The Bertz CT molecular complexity index is 680. The number of fused-ring (bicyclic) bond motifs is 1. The van der Waals surface area contributed by atoms with Crippen molar-refractivity contribution in [3.05, 3.63) is 51.7 Å². The van der Waals surface area contributed by atoms with Crippen LogP contribution in [0, 0.1) is 0 Å². The van der Waals surface area contributed by atoms with Gasteiger partial charge in [0.25, 0.3) is 5.91 Å². The van der Waals surface area contributed by atoms with Crippen LogP contribution in [-0.4, -0.2) is 23.3 Å². The quantitative estimate of drug-likeness (QED) is 0.927. The summed E-state index contributed by atoms with van der Waals surface area (Å²) in [6.45, 7) is 2.83. The molecular formula is C16H16N2O2S. The maximum absolute atomic E-state index is 12.4. The molecule has 1 N–H and O–H groups in total. The van der Waals surface area contributed by atoms with Crippen LogP contribution in [0.5, 0.6) is 0 Å². The minimum atomic E-state index is -0.0859. The fourth-order valence-corrected chi connectivity index (χ4v) is 3.26. The summed E-state index contributed by atoms with van der Waals surface area (Å²) >= 11 is 1.47. The Kier molecular flexibility index (Phi) is 3.75. The van der Waals surface area contributed by atoms with Crippen LogP contribution in [0.15, 0.2) is 35.7 Å². The number of amides is 2. The third-order valence-corrected chi connectivity index (χ3v) is 4.42. The Morgan fingerprint density at radius 3 is 2.81 bits per heavy atom. The Morgan fingerprint density at radius 1 is 1.24 bits per heavy atom. The molecule has 0 fully saturated rings. The maximum Gasteiger partial charge on any atom is 0.264 e. The van der Waals surface area contributed by atoms with Gasteiger partial charge in [-0.05, 0) is 41.1 Å². The molecule has 3 rings (SSSR count). The molecule has 2 heterocycles. The van der Waals surface area contributed by atoms with E-state index in [1.807, 2.05) is 40.6 Å². The smallest absolute Gasteiger partial charge is 0.264 e. The molecule has 0 bridgehead atoms. The first-order chi connectivity index (χ1) is 10.1. The Hall–Kier alpha value is -2.14. The van der Waals surface area contributed by atoms with E-state index in [4.69, 9.17) is 0 Å². The number of carbonyl (C=O) groups is 2. The van der Waals surface area contributed by atoms with Crippen LogP contribution in [0.1, 0.15) is 27.7 Å². The van der Waals surface area contributed by atoms with E-state index in [9.17, 15) is 9.59 Å². The van der Waals surface area contributed by atoms with E-state index in [1.54, 1.807) is 0 Å². The van der Waals surface area contributed by atoms with E-state index < -0.39 is 0 Å². The number of thiophene rings is 1. The molecule has 0 saturated heterocycles. The number of rotatable bonds is 2. The molecule has 0 aliphatic carbocycles. The zero-order valence-electron chi connectivity index (χ0n) is 11.8. The molecule has 2 amide bonds. The van der Waals surface area contributed by atoms with Gasteiger partial charge in [0.1, 0.15) is 0 Å². The van der Waals surface area contributed by atoms with E-state index in [2.05, 4.69) is 5.32 Å². The van der Waals surface area contributed by atoms with Crippen molar-refractivity contribution in [3.8, 4) is 0 Å². The van der Waals surface area contributed by atoms with Crippen LogP contribution in [0.4, 0.5) is 5.69 Å². The summed E-state index contributed by atoms with van der Waals surface area (Å²) in [7, 11) is 0. The second kappa shape index (κ2) is 5.69. The summed E-state index contributed by atoms with van der Waals surface area (Å²) in [6, 6.07) is 9.66. The van der Waals surface area contributed by atoms with Crippen molar-refractivity contribution in [1.29, 1.82) is 0 Å². The van der Waals surface area contributed by atoms with Gasteiger partial charge in [0.2, 0.25) is 5.91 Å². The number of nitrogens with one attached hydrogen (secondary N) is 1. The van der Waals surface area contributed by atoms with Gasteiger partial charge in [-0.25, -0.2) is 0 Å². The predicted octanol–water partition coefficient (Wildman–Crippen LogP) is 2.91. The Balaban J connectivity index is 1.80. The van der Waals surface area contributed by atoms with Gasteiger partial charge in [0.05, 0.1) is 4.88 Å². The van der Waals surface area contributed by atoms with Crippen molar-refractivity contribution in [3.63, 3.8) is 0 Å². The van der Waals surface area contributed by atoms with E-state index >= 15 is 0 Å². The normalized spacial score (nSPS) is 13.7. The van der Waals surface area contributed by atoms with Crippen molar-refractivity contribution in [2.75, 3.05) is 11.9 Å². The lowest BCUT2D eigenvalue weighted by molar-refractivity contribution is -0.114. The third kappa shape index (κ3) is 2.97. The molecule has 1 aliphatic heterocycles. The minimum Gasteiger partial charge on any atom is -0.333 e. The van der Waals surface area contributed by atoms with Crippen LogP contribution in [0.3, 0.4) is 0 Å². The maximum atomic E-state index is 12.4. The first-order valence-electron chi connectivity index (χ1n) is 6.85. The molecule has 0 saturated carbocycles. The first kappa shape index (κ1) is 13.8. The molecule has 1 aliphatic rings. The third-order valence-electron chi connectivity index (χ3n) is 3.56. The fraction of sp³-hybridized carbons (Fsp3) is 0.250. The molecule has 0 atom stereocenters. The number of nitrogens with zero attached hydrogens (tertiary/aromatic N) is 1. The Morgan fingerprint density at radius 2 is 2.10 bits per heavy atom. The van der Waals surface area contributed by atoms with Crippen molar-refractivity contribution in [1.82, 2.24) is 4.90 Å². The van der Waals surface area contributed by atoms with E-state index in [-0.39, 0.29) is 11.8 Å². The lowest BCUT2D eigenvalue weighted by Crippen LogP contribution is -2.35. The van der Waals surface area contributed by atoms with Gasteiger partial charge in [-0.3, -0.25) is 9.59 Å². The van der Waals surface area contributed by atoms with Crippen LogP contribution in [0.25, 0.3) is 0 Å². The van der Waals surface area contributed by atoms with Crippen LogP contribution in [-0.2, 0) is 17.8 Å². The summed E-state index contributed by atoms with van der Waals surface area (Å²) < 4.78 is 0. The average Bonchev–Trinajstić information content (AvgIpc) is 2.99. The molecule has 2 aromatic rings. The second-order valence-corrected chi connectivity index (χ2v) is 6.07. The van der Waals surface area contributed by atoms with Crippen LogP contribution >= 0.6 is 11.3 Å². The zero-order chi connectivity index (χ0) is 14.8. The number of carbonyl (C=O) groups excluding carboxylic acids is 2. The number of hydrogen-bond donors (Lipinski definition) is 1. The summed E-state index contributed by atoms with van der Waals surface area (Å²) in [4.78, 5) is 26.2. The second-order valence-electron chi connectivity index (χ2n) is 5.12. The summed E-state index contributed by atoms with van der Waals surface area (Å²) in [5.41, 5.74) is 3.14. The van der Waals surface area contributed by atoms with Gasteiger partial charge < -0.3 is 10.2 Å². The predicted molar refractivity (Wildman–Crippen MR) is 83.5 cm³/mol. The van der Waals surface area contributed by atoms with Gasteiger partial charge in [-0.1, -0.05) is 12.1 Å². The number of hydrogen-bond acceptors (Lipinski definition) is 3. The van der Waals surface area contributed by atoms with Gasteiger partial charge in [-0.2, -0.15) is 0 Å². The highest BCUT2D eigenvalue weighted by atomic mass is 32.1. The van der Waals surface area contributed by atoms with Gasteiger partial charge in [0.15, 0.2) is 0 Å². The van der Waals surface area contributed by atoms with Gasteiger partial charge in [0, 0.05) is 25.7 Å². The summed E-state index contributed by atoms with van der Waals surface area (Å²) in [5, 5.41) is 4.70. The van der Waals surface area contributed by atoms with E-state index in [0.29, 0.717) is 6.54 Å². The molecule has 0 unspecified atom stereocenters. The van der Waals surface area contributed by atoms with Crippen LogP contribution < -0.4 is 5.32 Å². The first-order valence-corrected chi connectivity index (χ1v) is 7.73. The molecule has 0 radical (unpaired) electrons. The molecule has 1 aromatic carbocycles. The highest BCUT2D eigenvalue weighted by Gasteiger charge is 2.22. The Labute approximate surface area is 127 Å². The lowest BCUT2D eigenvalue weighted by atomic mass is 9.99. The van der Waals surface area contributed by atoms with Crippen molar-refractivity contribution >= 4 is 28.8 Å². The van der Waals surface area contributed by atoms with E-state index in [1.165, 1.54) is 23.8 Å². The molecule has 4 nitrogen and oxygen atoms in total. The van der Waals surface area contributed by atoms with E-state index in [0.717, 1.165) is 29.1 Å². The SMILES string of the molecule is CC(=O)Nc1ccc2c(c1)CN(C(=O)c1cccs1)CC2. The van der Waals surface area contributed by atoms with Crippen molar-refractivity contribution < 1.29 is 9.59 Å². The summed E-state index contributed by atoms with van der Waals surface area (Å²) in [5.74, 6) is -0.00198. The molecule has 1 aromatic heterocycles. The highest BCUT2D eigenvalue weighted by Crippen LogP contribution is 2.24. The topological polar surface area (TPSA) is 49.4 Å². The molecule has 108 valence electrons. The largest absolute Gasteiger partial charge is 0.333 e. The van der Waals surface area contributed by atoms with Gasteiger partial charge >= 0.3 is 0 Å². The molecule has 0 spiro atoms. The van der Waals surface area contributed by atoms with Crippen molar-refractivity contribution in [2.24, 2.45) is 0 Å². The molecular weight excluding hydrogens is 284 g/mol. The number of anilines is 1. The van der Waals surface area contributed by atoms with Crippen molar-refractivity contribution in [2.45, 2.75) is 19.9 Å². The van der Waals surface area contributed by atoms with Crippen LogP contribution in [0.2, 0.25) is 0 Å². The fourth-order valence-electron chi connectivity index (χ4n) is 2.57. The minimum absolute atomic E-state index is 0.0839. The monoisotopic (exact) mass is 300 g/mol. The number of benzene rings is 1. The molecule has 21 heavy (non-hydrogen) atoms.